The smallest absolute Gasteiger partial charge is 0.200 e. The second-order valence-corrected chi connectivity index (χ2v) is 9.79. The highest BCUT2D eigenvalue weighted by Gasteiger charge is 2.49. The molecule has 7 nitrogen and oxygen atoms in total. The highest BCUT2D eigenvalue weighted by molar-refractivity contribution is 5.95. The molecule has 0 saturated carbocycles. The monoisotopic (exact) mass is 434 g/mol. The second kappa shape index (κ2) is 5.59. The van der Waals surface area contributed by atoms with Crippen molar-refractivity contribution in [3.8, 4) is 40.1 Å². The lowest BCUT2D eigenvalue weighted by molar-refractivity contribution is 0.105. The molecule has 164 valence electrons. The van der Waals surface area contributed by atoms with Crippen LogP contribution >= 0.6 is 0 Å². The minimum atomic E-state index is -0.707. The lowest BCUT2D eigenvalue weighted by atomic mass is 9.75. The molecule has 3 N–H and O–H groups in total. The van der Waals surface area contributed by atoms with Crippen LogP contribution in [0.15, 0.2) is 27.4 Å². The zero-order valence-corrected chi connectivity index (χ0v) is 18.1. The summed E-state index contributed by atoms with van der Waals surface area (Å²) in [5, 5.41) is 31.6. The van der Waals surface area contributed by atoms with Crippen molar-refractivity contribution in [3.05, 3.63) is 45.1 Å². The predicted molar refractivity (Wildman–Crippen MR) is 118 cm³/mol. The standard InChI is InChI=1S/C25H22O7/c1-24(2)6-5-10-16(31-24)9-14(26)18-19(28)12-7-13-17-11(21(12)30-22(10)18)8-15(27)20(29)23(17)32-25(13,3)4/h5-6,8-9,13,26-27,29H,7H2,1-4H3/t13-/m0/s1. The number of fused-ring (bicyclic) bond motifs is 5. The maximum Gasteiger partial charge on any atom is 0.200 e. The summed E-state index contributed by atoms with van der Waals surface area (Å²) in [5.74, 6) is -0.168. The quantitative estimate of drug-likeness (QED) is 0.445. The summed E-state index contributed by atoms with van der Waals surface area (Å²) in [6, 6.07) is 2.86. The topological polar surface area (TPSA) is 109 Å². The van der Waals surface area contributed by atoms with Gasteiger partial charge in [-0.25, -0.2) is 0 Å². The van der Waals surface area contributed by atoms with Gasteiger partial charge in [-0.15, -0.1) is 0 Å². The summed E-state index contributed by atoms with van der Waals surface area (Å²) >= 11 is 0. The van der Waals surface area contributed by atoms with E-state index in [2.05, 4.69) is 0 Å². The average Bonchev–Trinajstić information content (AvgIpc) is 2.97. The average molecular weight is 434 g/mol. The van der Waals surface area contributed by atoms with Crippen LogP contribution < -0.4 is 14.9 Å². The Morgan fingerprint density at radius 3 is 2.53 bits per heavy atom. The third-order valence-corrected chi connectivity index (χ3v) is 6.74. The number of benzene rings is 2. The number of phenols is 3. The van der Waals surface area contributed by atoms with Crippen molar-refractivity contribution in [2.75, 3.05) is 0 Å². The lowest BCUT2D eigenvalue weighted by Gasteiger charge is -2.30. The first kappa shape index (κ1) is 19.1. The number of rotatable bonds is 0. The van der Waals surface area contributed by atoms with Crippen molar-refractivity contribution in [1.29, 1.82) is 0 Å². The van der Waals surface area contributed by atoms with Gasteiger partial charge in [0.15, 0.2) is 22.5 Å². The molecule has 0 unspecified atom stereocenters. The normalized spacial score (nSPS) is 20.8. The molecule has 2 aliphatic heterocycles. The van der Waals surface area contributed by atoms with Crippen LogP contribution in [-0.4, -0.2) is 26.5 Å². The lowest BCUT2D eigenvalue weighted by Crippen LogP contribution is -2.34. The molecule has 3 aromatic rings. The van der Waals surface area contributed by atoms with Gasteiger partial charge in [0.1, 0.15) is 33.8 Å². The van der Waals surface area contributed by atoms with E-state index in [0.717, 1.165) is 0 Å². The maximum absolute atomic E-state index is 13.6. The van der Waals surface area contributed by atoms with Crippen LogP contribution in [0.1, 0.15) is 50.3 Å². The van der Waals surface area contributed by atoms with Crippen LogP contribution in [0.4, 0.5) is 0 Å². The first-order valence-electron chi connectivity index (χ1n) is 10.5. The molecule has 6 rings (SSSR count). The Morgan fingerprint density at radius 1 is 1.03 bits per heavy atom. The summed E-state index contributed by atoms with van der Waals surface area (Å²) in [6.45, 7) is 7.54. The van der Waals surface area contributed by atoms with Gasteiger partial charge in [0.2, 0.25) is 5.75 Å². The molecule has 0 saturated heterocycles. The van der Waals surface area contributed by atoms with Crippen LogP contribution in [0.3, 0.4) is 0 Å². The van der Waals surface area contributed by atoms with Gasteiger partial charge >= 0.3 is 0 Å². The van der Waals surface area contributed by atoms with E-state index in [9.17, 15) is 20.1 Å². The summed E-state index contributed by atoms with van der Waals surface area (Å²) in [4.78, 5) is 13.6. The molecule has 0 bridgehead atoms. The Labute approximate surface area is 183 Å². The highest BCUT2D eigenvalue weighted by atomic mass is 16.5. The van der Waals surface area contributed by atoms with Crippen LogP contribution in [0.2, 0.25) is 0 Å². The zero-order chi connectivity index (χ0) is 22.7. The summed E-state index contributed by atoms with van der Waals surface area (Å²) in [5.41, 5.74) is 0.793. The van der Waals surface area contributed by atoms with Gasteiger partial charge in [0.25, 0.3) is 0 Å². The third kappa shape index (κ3) is 2.28. The molecule has 0 amide bonds. The van der Waals surface area contributed by atoms with Gasteiger partial charge in [0, 0.05) is 28.7 Å². The number of hydrogen-bond donors (Lipinski definition) is 3. The van der Waals surface area contributed by atoms with Gasteiger partial charge in [-0.2, -0.15) is 0 Å². The van der Waals surface area contributed by atoms with Gasteiger partial charge < -0.3 is 29.2 Å². The molecule has 1 aliphatic carbocycles. The van der Waals surface area contributed by atoms with Crippen molar-refractivity contribution in [2.45, 2.75) is 51.2 Å². The third-order valence-electron chi connectivity index (χ3n) is 6.74. The number of ether oxygens (including phenoxy) is 2. The fourth-order valence-corrected chi connectivity index (χ4v) is 5.15. The van der Waals surface area contributed by atoms with Crippen LogP contribution in [-0.2, 0) is 6.42 Å². The first-order valence-corrected chi connectivity index (χ1v) is 10.5. The Bertz CT molecular complexity index is 1460. The van der Waals surface area contributed by atoms with E-state index in [-0.39, 0.29) is 45.3 Å². The van der Waals surface area contributed by atoms with E-state index >= 15 is 0 Å². The number of aromatic hydroxyl groups is 3. The van der Waals surface area contributed by atoms with Gasteiger partial charge in [0.05, 0.1) is 5.56 Å². The Balaban J connectivity index is 1.72. The van der Waals surface area contributed by atoms with E-state index < -0.39 is 11.2 Å². The summed E-state index contributed by atoms with van der Waals surface area (Å²) < 4.78 is 18.3. The van der Waals surface area contributed by atoms with Gasteiger partial charge in [-0.05, 0) is 52.3 Å². The zero-order valence-electron chi connectivity index (χ0n) is 18.1. The Kier molecular flexibility index (Phi) is 3.34. The van der Waals surface area contributed by atoms with Gasteiger partial charge in [-0.3, -0.25) is 4.79 Å². The molecule has 32 heavy (non-hydrogen) atoms. The van der Waals surface area contributed by atoms with E-state index in [1.54, 1.807) is 0 Å². The van der Waals surface area contributed by atoms with E-state index in [1.807, 2.05) is 39.8 Å². The van der Waals surface area contributed by atoms with Gasteiger partial charge in [-0.1, -0.05) is 0 Å². The van der Waals surface area contributed by atoms with Crippen molar-refractivity contribution in [1.82, 2.24) is 0 Å². The van der Waals surface area contributed by atoms with Crippen LogP contribution in [0, 0.1) is 0 Å². The molecular weight excluding hydrogens is 412 g/mol. The molecule has 1 atom stereocenters. The molecule has 3 heterocycles. The summed E-state index contributed by atoms with van der Waals surface area (Å²) in [7, 11) is 0. The minimum Gasteiger partial charge on any atom is -0.507 e. The Hall–Kier alpha value is -3.61. The van der Waals surface area contributed by atoms with E-state index in [4.69, 9.17) is 13.9 Å². The molecule has 3 aliphatic rings. The van der Waals surface area contributed by atoms with E-state index in [1.165, 1.54) is 12.1 Å². The molecule has 7 heteroatoms. The highest BCUT2D eigenvalue weighted by Crippen LogP contribution is 2.59. The number of hydrogen-bond acceptors (Lipinski definition) is 7. The van der Waals surface area contributed by atoms with Crippen molar-refractivity contribution in [2.24, 2.45) is 0 Å². The SMILES string of the molecule is CC1(C)C=Cc2c(cc(O)c3c(=O)c4c(oc23)-c2cc(O)c(O)c3c2[C@H](C4)C(C)(C)O3)O1. The molecule has 2 aromatic carbocycles. The molecule has 0 radical (unpaired) electrons. The molecular formula is C25H22O7. The van der Waals surface area contributed by atoms with Crippen LogP contribution in [0.5, 0.6) is 28.7 Å². The van der Waals surface area contributed by atoms with E-state index in [0.29, 0.717) is 40.2 Å². The maximum atomic E-state index is 13.6. The summed E-state index contributed by atoms with van der Waals surface area (Å²) in [6.07, 6.45) is 4.01. The molecule has 0 spiro atoms. The molecule has 1 aromatic heterocycles. The fourth-order valence-electron chi connectivity index (χ4n) is 5.15. The van der Waals surface area contributed by atoms with Crippen molar-refractivity contribution in [3.63, 3.8) is 0 Å². The second-order valence-electron chi connectivity index (χ2n) is 9.79. The largest absolute Gasteiger partial charge is 0.507 e. The van der Waals surface area contributed by atoms with Crippen molar-refractivity contribution < 1.29 is 29.2 Å². The molecule has 0 fully saturated rings. The predicted octanol–water partition coefficient (Wildman–Crippen LogP) is 4.57. The Morgan fingerprint density at radius 2 is 1.78 bits per heavy atom. The number of phenolic OH excluding ortho intramolecular Hbond substituents is 3. The fraction of sp³-hybridized carbons (Fsp3) is 0.320. The van der Waals surface area contributed by atoms with Crippen molar-refractivity contribution >= 4 is 17.0 Å². The van der Waals surface area contributed by atoms with Crippen LogP contribution in [0.25, 0.3) is 28.4 Å². The first-order chi connectivity index (χ1) is 15.0. The minimum absolute atomic E-state index is 0.0962.